The van der Waals surface area contributed by atoms with Crippen molar-refractivity contribution in [1.29, 1.82) is 0 Å². The molecule has 1 saturated carbocycles. The van der Waals surface area contributed by atoms with Gasteiger partial charge in [-0.2, -0.15) is 0 Å². The highest BCUT2D eigenvalue weighted by molar-refractivity contribution is 7.89. The summed E-state index contributed by atoms with van der Waals surface area (Å²) in [5, 5.41) is 0. The van der Waals surface area contributed by atoms with Crippen molar-refractivity contribution in [1.82, 2.24) is 4.72 Å². The van der Waals surface area contributed by atoms with Crippen molar-refractivity contribution < 1.29 is 13.2 Å². The second kappa shape index (κ2) is 6.33. The monoisotopic (exact) mass is 286 g/mol. The summed E-state index contributed by atoms with van der Waals surface area (Å²) >= 11 is 0. The van der Waals surface area contributed by atoms with Crippen molar-refractivity contribution in [3.63, 3.8) is 0 Å². The predicted molar refractivity (Wildman–Crippen MR) is 70.8 cm³/mol. The lowest BCUT2D eigenvalue weighted by Gasteiger charge is -2.29. The zero-order chi connectivity index (χ0) is 12.4. The molecule has 0 aromatic heterocycles. The van der Waals surface area contributed by atoms with E-state index in [9.17, 15) is 8.42 Å². The molecular weight excluding hydrogens is 264 g/mol. The molecule has 1 rings (SSSR count). The summed E-state index contributed by atoms with van der Waals surface area (Å²) in [4.78, 5) is 0. The molecule has 104 valence electrons. The van der Waals surface area contributed by atoms with Crippen LogP contribution >= 0.6 is 12.4 Å². The molecule has 0 spiro atoms. The first-order valence-corrected chi connectivity index (χ1v) is 7.22. The fraction of sp³-hybridized carbons (Fsp3) is 1.00. The third-order valence-corrected chi connectivity index (χ3v) is 4.83. The van der Waals surface area contributed by atoms with Crippen LogP contribution in [0.3, 0.4) is 0 Å². The van der Waals surface area contributed by atoms with E-state index in [4.69, 9.17) is 10.5 Å². The quantitative estimate of drug-likeness (QED) is 0.714. The summed E-state index contributed by atoms with van der Waals surface area (Å²) < 4.78 is 31.4. The Hall–Kier alpha value is 0.120. The van der Waals surface area contributed by atoms with Crippen LogP contribution in [-0.2, 0) is 14.8 Å². The first-order chi connectivity index (χ1) is 7.33. The number of sulfonamides is 1. The number of halogens is 1. The summed E-state index contributed by atoms with van der Waals surface area (Å²) in [6, 6.07) is 0. The number of nitrogens with one attached hydrogen (secondary N) is 1. The van der Waals surface area contributed by atoms with Gasteiger partial charge in [0, 0.05) is 19.2 Å². The Balaban J connectivity index is 0.00000256. The largest absolute Gasteiger partial charge is 0.381 e. The molecule has 0 aliphatic heterocycles. The highest BCUT2D eigenvalue weighted by Gasteiger charge is 2.43. The molecule has 7 heteroatoms. The molecule has 0 aromatic carbocycles. The average molecular weight is 287 g/mol. The van der Waals surface area contributed by atoms with Gasteiger partial charge in [0.25, 0.3) is 0 Å². The van der Waals surface area contributed by atoms with Crippen molar-refractivity contribution in [3.05, 3.63) is 0 Å². The molecule has 0 aromatic rings. The van der Waals surface area contributed by atoms with Crippen molar-refractivity contribution >= 4 is 22.4 Å². The number of methoxy groups -OCH3 is 1. The normalized spacial score (nSPS) is 21.4. The zero-order valence-electron chi connectivity index (χ0n) is 10.6. The lowest BCUT2D eigenvalue weighted by molar-refractivity contribution is 0.135. The second-order valence-electron chi connectivity index (χ2n) is 4.83. The fourth-order valence-corrected chi connectivity index (χ4v) is 3.58. The Bertz CT molecular complexity index is 332. The van der Waals surface area contributed by atoms with Crippen molar-refractivity contribution in [2.45, 2.75) is 38.3 Å². The molecule has 17 heavy (non-hydrogen) atoms. The summed E-state index contributed by atoms with van der Waals surface area (Å²) in [6.07, 6.45) is 1.80. The van der Waals surface area contributed by atoms with Crippen molar-refractivity contribution in [3.8, 4) is 0 Å². The first-order valence-electron chi connectivity index (χ1n) is 5.57. The van der Waals surface area contributed by atoms with Gasteiger partial charge in [0.15, 0.2) is 0 Å². The van der Waals surface area contributed by atoms with Gasteiger partial charge in [-0.3, -0.25) is 0 Å². The molecule has 1 aliphatic carbocycles. The number of nitrogens with two attached hydrogens (primary N) is 1. The highest BCUT2D eigenvalue weighted by Crippen LogP contribution is 2.39. The number of rotatable bonds is 7. The van der Waals surface area contributed by atoms with Gasteiger partial charge in [-0.1, -0.05) is 0 Å². The molecule has 0 saturated heterocycles. The fourth-order valence-electron chi connectivity index (χ4n) is 1.79. The van der Waals surface area contributed by atoms with Gasteiger partial charge < -0.3 is 10.5 Å². The lowest BCUT2D eigenvalue weighted by atomic mass is 9.98. The van der Waals surface area contributed by atoms with Crippen LogP contribution in [0.2, 0.25) is 0 Å². The molecule has 2 unspecified atom stereocenters. The van der Waals surface area contributed by atoms with Crippen LogP contribution in [0.1, 0.15) is 26.7 Å². The van der Waals surface area contributed by atoms with E-state index in [-0.39, 0.29) is 24.3 Å². The Kier molecular flexibility index (Phi) is 6.38. The summed E-state index contributed by atoms with van der Waals surface area (Å²) in [6.45, 7) is 3.94. The van der Waals surface area contributed by atoms with Crippen molar-refractivity contribution in [2.75, 3.05) is 19.4 Å². The third-order valence-electron chi connectivity index (χ3n) is 3.15. The van der Waals surface area contributed by atoms with E-state index in [1.807, 2.05) is 6.92 Å². The summed E-state index contributed by atoms with van der Waals surface area (Å²) in [5.74, 6) is 0.358. The minimum atomic E-state index is -3.32. The van der Waals surface area contributed by atoms with Gasteiger partial charge in [-0.25, -0.2) is 13.1 Å². The molecule has 0 heterocycles. The Morgan fingerprint density at radius 3 is 2.41 bits per heavy atom. The Labute approximate surface area is 110 Å². The van der Waals surface area contributed by atoms with E-state index in [1.54, 1.807) is 6.92 Å². The standard InChI is InChI=1S/C10H22N2O3S.ClH/c1-8(15-3)6-16(13,14)12-10(2,7-11)9-4-5-9;/h8-9,12H,4-7,11H2,1-3H3;1H. The van der Waals surface area contributed by atoms with Crippen LogP contribution < -0.4 is 10.5 Å². The van der Waals surface area contributed by atoms with E-state index in [0.29, 0.717) is 12.5 Å². The molecule has 1 fully saturated rings. The maximum absolute atomic E-state index is 11.9. The average Bonchev–Trinajstić information content (AvgIpc) is 2.99. The number of hydrogen-bond acceptors (Lipinski definition) is 4. The van der Waals surface area contributed by atoms with Gasteiger partial charge in [-0.15, -0.1) is 12.4 Å². The summed E-state index contributed by atoms with van der Waals surface area (Å²) in [7, 11) is -1.82. The van der Waals surface area contributed by atoms with Gasteiger partial charge >= 0.3 is 0 Å². The minimum absolute atomic E-state index is 0. The lowest BCUT2D eigenvalue weighted by Crippen LogP contribution is -2.54. The third kappa shape index (κ3) is 5.09. The maximum Gasteiger partial charge on any atom is 0.214 e. The van der Waals surface area contributed by atoms with Crippen LogP contribution in [0.4, 0.5) is 0 Å². The zero-order valence-corrected chi connectivity index (χ0v) is 12.2. The van der Waals surface area contributed by atoms with Crippen LogP contribution in [0.15, 0.2) is 0 Å². The SMILES string of the molecule is COC(C)CS(=O)(=O)NC(C)(CN)C1CC1.Cl. The second-order valence-corrected chi connectivity index (χ2v) is 6.59. The van der Waals surface area contributed by atoms with Crippen LogP contribution in [0, 0.1) is 5.92 Å². The molecule has 0 amide bonds. The van der Waals surface area contributed by atoms with Gasteiger partial charge in [0.2, 0.25) is 10.0 Å². The van der Waals surface area contributed by atoms with Crippen LogP contribution in [0.25, 0.3) is 0 Å². The summed E-state index contributed by atoms with van der Waals surface area (Å²) in [5.41, 5.74) is 5.17. The molecule has 0 radical (unpaired) electrons. The van der Waals surface area contributed by atoms with Crippen LogP contribution in [-0.4, -0.2) is 39.5 Å². The van der Waals surface area contributed by atoms with Gasteiger partial charge in [0.1, 0.15) is 0 Å². The van der Waals surface area contributed by atoms with E-state index >= 15 is 0 Å². The first kappa shape index (κ1) is 17.1. The molecule has 1 aliphatic rings. The molecule has 2 atom stereocenters. The maximum atomic E-state index is 11.9. The number of ether oxygens (including phenoxy) is 1. The van der Waals surface area contributed by atoms with E-state index in [0.717, 1.165) is 12.8 Å². The topological polar surface area (TPSA) is 81.4 Å². The molecule has 3 N–H and O–H groups in total. The Morgan fingerprint density at radius 1 is 1.53 bits per heavy atom. The van der Waals surface area contributed by atoms with E-state index < -0.39 is 15.6 Å². The number of hydrogen-bond donors (Lipinski definition) is 2. The van der Waals surface area contributed by atoms with E-state index in [1.165, 1.54) is 7.11 Å². The van der Waals surface area contributed by atoms with E-state index in [2.05, 4.69) is 4.72 Å². The van der Waals surface area contributed by atoms with Gasteiger partial charge in [0.05, 0.1) is 11.9 Å². The minimum Gasteiger partial charge on any atom is -0.381 e. The molecular formula is C10H23ClN2O3S. The predicted octanol–water partition coefficient (Wildman–Crippen LogP) is 0.490. The molecule has 5 nitrogen and oxygen atoms in total. The van der Waals surface area contributed by atoms with Gasteiger partial charge in [-0.05, 0) is 32.6 Å². The Morgan fingerprint density at radius 2 is 2.06 bits per heavy atom. The molecule has 0 bridgehead atoms. The smallest absolute Gasteiger partial charge is 0.214 e. The van der Waals surface area contributed by atoms with Crippen LogP contribution in [0.5, 0.6) is 0 Å². The highest BCUT2D eigenvalue weighted by atomic mass is 35.5. The van der Waals surface area contributed by atoms with Crippen molar-refractivity contribution in [2.24, 2.45) is 11.7 Å².